The Kier molecular flexibility index (Phi) is 6.11. The molecule has 5 rings (SSSR count). The minimum Gasteiger partial charge on any atom is -0.495 e. The van der Waals surface area contributed by atoms with E-state index < -0.39 is 0 Å². The van der Waals surface area contributed by atoms with E-state index in [2.05, 4.69) is 31.1 Å². The Hall–Kier alpha value is -2.88. The van der Waals surface area contributed by atoms with Crippen molar-refractivity contribution in [2.75, 3.05) is 7.11 Å². The molecule has 0 N–H and O–H groups in total. The predicted octanol–water partition coefficient (Wildman–Crippen LogP) is 6.71. The third-order valence-corrected chi connectivity index (χ3v) is 7.05. The first-order valence-corrected chi connectivity index (χ1v) is 12.3. The van der Waals surface area contributed by atoms with Gasteiger partial charge < -0.3 is 9.15 Å². The van der Waals surface area contributed by atoms with E-state index in [1.165, 1.54) is 0 Å². The predicted molar refractivity (Wildman–Crippen MR) is 130 cm³/mol. The van der Waals surface area contributed by atoms with Crippen LogP contribution in [0.15, 0.2) is 86.4 Å². The summed E-state index contributed by atoms with van der Waals surface area (Å²) in [6.45, 7) is 0. The topological polar surface area (TPSA) is 66.0 Å². The summed E-state index contributed by atoms with van der Waals surface area (Å²) in [4.78, 5) is 5.67. The van der Waals surface area contributed by atoms with Crippen LogP contribution in [0.2, 0.25) is 0 Å². The lowest BCUT2D eigenvalue weighted by atomic mass is 10.2. The fourth-order valence-corrected chi connectivity index (χ4v) is 4.98. The minimum atomic E-state index is 0.595. The van der Waals surface area contributed by atoms with Gasteiger partial charge in [0, 0.05) is 15.8 Å². The number of oxazole rings is 1. The van der Waals surface area contributed by atoms with Crippen LogP contribution in [0.4, 0.5) is 0 Å². The second kappa shape index (κ2) is 9.32. The lowest BCUT2D eigenvalue weighted by molar-refractivity contribution is 0.412. The molecule has 9 heteroatoms. The van der Waals surface area contributed by atoms with Gasteiger partial charge in [-0.25, -0.2) is 4.98 Å². The molecule has 0 bridgehead atoms. The second-order valence-corrected chi connectivity index (χ2v) is 9.54. The third-order valence-electron chi connectivity index (χ3n) is 4.69. The van der Waals surface area contributed by atoms with E-state index in [-0.39, 0.29) is 0 Å². The summed E-state index contributed by atoms with van der Waals surface area (Å²) < 4.78 is 14.3. The van der Waals surface area contributed by atoms with Gasteiger partial charge in [-0.3, -0.25) is 4.57 Å². The molecule has 32 heavy (non-hydrogen) atoms. The molecule has 0 aliphatic rings. The van der Waals surface area contributed by atoms with E-state index in [9.17, 15) is 0 Å². The van der Waals surface area contributed by atoms with Crippen LogP contribution in [0.3, 0.4) is 0 Å². The first kappa shape index (κ1) is 21.0. The first-order chi connectivity index (χ1) is 15.7. The van der Waals surface area contributed by atoms with E-state index in [4.69, 9.17) is 9.15 Å². The lowest BCUT2D eigenvalue weighted by Crippen LogP contribution is -2.01. The molecule has 0 amide bonds. The van der Waals surface area contributed by atoms with Gasteiger partial charge in [-0.2, -0.15) is 0 Å². The molecule has 0 fully saturated rings. The molecule has 0 aliphatic heterocycles. The summed E-state index contributed by atoms with van der Waals surface area (Å²) in [6.07, 6.45) is 1.69. The number of hydrogen-bond acceptors (Lipinski definition) is 7. The van der Waals surface area contributed by atoms with Gasteiger partial charge >= 0.3 is 0 Å². The van der Waals surface area contributed by atoms with Crippen LogP contribution in [0, 0.1) is 0 Å². The van der Waals surface area contributed by atoms with Crippen LogP contribution in [0.25, 0.3) is 27.8 Å². The molecule has 160 valence electrons. The molecule has 0 unspecified atom stereocenters. The summed E-state index contributed by atoms with van der Waals surface area (Å²) in [5.74, 6) is 2.73. The molecular weight excluding hydrogens is 508 g/mol. The number of benzene rings is 2. The van der Waals surface area contributed by atoms with Gasteiger partial charge in [-0.15, -0.1) is 21.5 Å². The molecule has 5 aromatic rings. The number of thiophene rings is 1. The monoisotopic (exact) mass is 524 g/mol. The van der Waals surface area contributed by atoms with Gasteiger partial charge in [-0.1, -0.05) is 45.9 Å². The Morgan fingerprint density at radius 3 is 2.69 bits per heavy atom. The van der Waals surface area contributed by atoms with Crippen LogP contribution in [-0.4, -0.2) is 26.9 Å². The highest BCUT2D eigenvalue weighted by Gasteiger charge is 2.20. The van der Waals surface area contributed by atoms with Crippen molar-refractivity contribution in [2.45, 2.75) is 10.9 Å². The highest BCUT2D eigenvalue weighted by atomic mass is 79.9. The van der Waals surface area contributed by atoms with Crippen molar-refractivity contribution >= 4 is 39.0 Å². The van der Waals surface area contributed by atoms with Crippen molar-refractivity contribution in [3.8, 4) is 33.6 Å². The number of nitrogens with zero attached hydrogens (tertiary/aromatic N) is 4. The van der Waals surface area contributed by atoms with Gasteiger partial charge in [0.25, 0.3) is 0 Å². The zero-order valence-electron chi connectivity index (χ0n) is 16.9. The molecule has 3 aromatic heterocycles. The number of ether oxygens (including phenoxy) is 1. The number of methoxy groups -OCH3 is 1. The minimum absolute atomic E-state index is 0.595. The van der Waals surface area contributed by atoms with Crippen LogP contribution in [-0.2, 0) is 5.75 Å². The number of rotatable bonds is 7. The second-order valence-electron chi connectivity index (χ2n) is 6.73. The van der Waals surface area contributed by atoms with E-state index in [1.807, 2.05) is 70.6 Å². The van der Waals surface area contributed by atoms with Crippen LogP contribution < -0.4 is 4.74 Å². The van der Waals surface area contributed by atoms with Crippen molar-refractivity contribution < 1.29 is 9.15 Å². The van der Waals surface area contributed by atoms with Gasteiger partial charge in [0.05, 0.1) is 23.4 Å². The molecular formula is C23H17BrN4O2S2. The lowest BCUT2D eigenvalue weighted by Gasteiger charge is -2.13. The van der Waals surface area contributed by atoms with E-state index in [0.717, 1.165) is 43.0 Å². The maximum atomic E-state index is 5.69. The summed E-state index contributed by atoms with van der Waals surface area (Å²) in [6, 6.07) is 19.8. The van der Waals surface area contributed by atoms with Crippen molar-refractivity contribution in [3.05, 3.63) is 82.5 Å². The number of hydrogen-bond donors (Lipinski definition) is 0. The normalized spacial score (nSPS) is 11.1. The average molecular weight is 525 g/mol. The number of aromatic nitrogens is 4. The quantitative estimate of drug-likeness (QED) is 0.220. The van der Waals surface area contributed by atoms with Crippen LogP contribution in [0.1, 0.15) is 5.69 Å². The van der Waals surface area contributed by atoms with Crippen molar-refractivity contribution in [3.63, 3.8) is 0 Å². The summed E-state index contributed by atoms with van der Waals surface area (Å²) in [7, 11) is 1.67. The molecule has 0 spiro atoms. The van der Waals surface area contributed by atoms with E-state index in [0.29, 0.717) is 11.6 Å². The van der Waals surface area contributed by atoms with Crippen molar-refractivity contribution in [1.29, 1.82) is 0 Å². The van der Waals surface area contributed by atoms with Crippen molar-refractivity contribution in [1.82, 2.24) is 19.7 Å². The maximum absolute atomic E-state index is 5.69. The highest BCUT2D eigenvalue weighted by Crippen LogP contribution is 2.35. The molecule has 0 aliphatic carbocycles. The Morgan fingerprint density at radius 2 is 1.91 bits per heavy atom. The molecule has 0 saturated heterocycles. The fourth-order valence-electron chi connectivity index (χ4n) is 3.20. The number of halogens is 1. The maximum Gasteiger partial charge on any atom is 0.226 e. The Morgan fingerprint density at radius 1 is 1.06 bits per heavy atom. The van der Waals surface area contributed by atoms with Gasteiger partial charge in [0.15, 0.2) is 11.0 Å². The van der Waals surface area contributed by atoms with Gasteiger partial charge in [0.2, 0.25) is 5.89 Å². The molecule has 2 aromatic carbocycles. The van der Waals surface area contributed by atoms with Gasteiger partial charge in [0.1, 0.15) is 12.0 Å². The molecule has 0 radical (unpaired) electrons. The summed E-state index contributed by atoms with van der Waals surface area (Å²) >= 11 is 6.62. The Balaban J connectivity index is 1.45. The zero-order valence-corrected chi connectivity index (χ0v) is 20.2. The summed E-state index contributed by atoms with van der Waals surface area (Å²) in [5.41, 5.74) is 2.66. The van der Waals surface area contributed by atoms with E-state index in [1.54, 1.807) is 36.5 Å². The smallest absolute Gasteiger partial charge is 0.226 e. The molecule has 0 saturated carbocycles. The standard InChI is InChI=1S/C23H17BrN4O2S2/c1-29-19-6-3-2-5-18(19)28-21(20-7-4-12-31-20)26-27-23(28)32-14-17-13-30-22(25-17)15-8-10-16(24)11-9-15/h2-13H,14H2,1H3. The van der Waals surface area contributed by atoms with Crippen LogP contribution >= 0.6 is 39.0 Å². The molecule has 0 atom stereocenters. The zero-order chi connectivity index (χ0) is 21.9. The van der Waals surface area contributed by atoms with E-state index >= 15 is 0 Å². The Labute approximate surface area is 201 Å². The largest absolute Gasteiger partial charge is 0.495 e. The van der Waals surface area contributed by atoms with Crippen molar-refractivity contribution in [2.24, 2.45) is 0 Å². The molecule has 6 nitrogen and oxygen atoms in total. The number of para-hydroxylation sites is 2. The SMILES string of the molecule is COc1ccccc1-n1c(SCc2coc(-c3ccc(Br)cc3)n2)nnc1-c1cccs1. The summed E-state index contributed by atoms with van der Waals surface area (Å²) in [5, 5.41) is 11.7. The van der Waals surface area contributed by atoms with Crippen LogP contribution in [0.5, 0.6) is 5.75 Å². The average Bonchev–Trinajstić information content (AvgIpc) is 3.58. The third kappa shape index (κ3) is 4.23. The first-order valence-electron chi connectivity index (χ1n) is 9.69. The molecule has 3 heterocycles. The fraction of sp³-hybridized carbons (Fsp3) is 0.0870. The highest BCUT2D eigenvalue weighted by molar-refractivity contribution is 9.10. The number of thioether (sulfide) groups is 1. The van der Waals surface area contributed by atoms with Gasteiger partial charge in [-0.05, 0) is 47.8 Å². The Bertz CT molecular complexity index is 1330.